The number of piperidine rings is 1. The predicted octanol–water partition coefficient (Wildman–Crippen LogP) is 4.04. The molecule has 0 spiro atoms. The predicted molar refractivity (Wildman–Crippen MR) is 122 cm³/mol. The van der Waals surface area contributed by atoms with Gasteiger partial charge in [0.2, 0.25) is 5.91 Å². The summed E-state index contributed by atoms with van der Waals surface area (Å²) in [4.78, 5) is 19.5. The van der Waals surface area contributed by atoms with Crippen molar-refractivity contribution in [3.8, 4) is 5.69 Å². The van der Waals surface area contributed by atoms with Crippen molar-refractivity contribution < 1.29 is 4.79 Å². The van der Waals surface area contributed by atoms with Crippen LogP contribution in [0.3, 0.4) is 0 Å². The largest absolute Gasteiger partial charge is 0.326 e. The van der Waals surface area contributed by atoms with Gasteiger partial charge in [-0.05, 0) is 68.3 Å². The number of hydrogen-bond donors (Lipinski definition) is 1. The Morgan fingerprint density at radius 1 is 1.16 bits per heavy atom. The molecule has 0 bridgehead atoms. The molecule has 1 atom stereocenters. The van der Waals surface area contributed by atoms with E-state index in [2.05, 4.69) is 36.1 Å². The molecule has 31 heavy (non-hydrogen) atoms. The second kappa shape index (κ2) is 8.56. The Balaban J connectivity index is 1.20. The van der Waals surface area contributed by atoms with Gasteiger partial charge in [-0.15, -0.1) is 0 Å². The molecule has 0 saturated carbocycles. The number of benzene rings is 2. The molecular formula is C23H24N6OS. The number of hydrogen-bond acceptors (Lipinski definition) is 6. The van der Waals surface area contributed by atoms with Crippen LogP contribution in [0.4, 0.5) is 5.69 Å². The van der Waals surface area contributed by atoms with Gasteiger partial charge in [0.1, 0.15) is 16.9 Å². The van der Waals surface area contributed by atoms with Gasteiger partial charge in [0.25, 0.3) is 0 Å². The molecule has 1 fully saturated rings. The summed E-state index contributed by atoms with van der Waals surface area (Å²) in [5.74, 6) is 1.02. The molecule has 0 unspecified atom stereocenters. The smallest absolute Gasteiger partial charge is 0.228 e. The third kappa shape index (κ3) is 4.35. The topological polar surface area (TPSA) is 75.9 Å². The minimum absolute atomic E-state index is 0.00556. The minimum Gasteiger partial charge on any atom is -0.326 e. The molecule has 1 N–H and O–H groups in total. The van der Waals surface area contributed by atoms with Crippen LogP contribution < -0.4 is 5.32 Å². The highest BCUT2D eigenvalue weighted by atomic mass is 32.1. The van der Waals surface area contributed by atoms with E-state index < -0.39 is 0 Å². The average molecular weight is 433 g/mol. The lowest BCUT2D eigenvalue weighted by Crippen LogP contribution is -2.40. The van der Waals surface area contributed by atoms with Crippen molar-refractivity contribution >= 4 is 34.4 Å². The summed E-state index contributed by atoms with van der Waals surface area (Å²) in [6, 6.07) is 14.1. The van der Waals surface area contributed by atoms with Gasteiger partial charge in [-0.3, -0.25) is 9.69 Å². The SMILES string of the molecule is Cc1nccn1-c1ccc(NC(=O)[C@H]2CCCN(Cc3ccc4nsnc4c3)C2)cc1. The third-order valence-corrected chi connectivity index (χ3v) is 6.40. The number of nitrogens with zero attached hydrogens (tertiary/aromatic N) is 5. The van der Waals surface area contributed by atoms with E-state index in [0.717, 1.165) is 60.7 Å². The van der Waals surface area contributed by atoms with Gasteiger partial charge in [0, 0.05) is 36.9 Å². The summed E-state index contributed by atoms with van der Waals surface area (Å²) < 4.78 is 10.6. The van der Waals surface area contributed by atoms with Gasteiger partial charge in [0.15, 0.2) is 0 Å². The molecule has 1 amide bonds. The normalized spacial score (nSPS) is 17.1. The van der Waals surface area contributed by atoms with Crippen LogP contribution in [0.2, 0.25) is 0 Å². The van der Waals surface area contributed by atoms with E-state index in [4.69, 9.17) is 0 Å². The first-order chi connectivity index (χ1) is 15.2. The Labute approximate surface area is 185 Å². The lowest BCUT2D eigenvalue weighted by Gasteiger charge is -2.32. The van der Waals surface area contributed by atoms with E-state index in [-0.39, 0.29) is 11.8 Å². The maximum Gasteiger partial charge on any atom is 0.228 e. The maximum atomic E-state index is 12.9. The summed E-state index contributed by atoms with van der Waals surface area (Å²) >= 11 is 1.24. The molecule has 1 saturated heterocycles. The van der Waals surface area contributed by atoms with Crippen molar-refractivity contribution in [3.05, 3.63) is 66.2 Å². The van der Waals surface area contributed by atoms with Gasteiger partial charge in [0.05, 0.1) is 17.6 Å². The number of anilines is 1. The molecule has 158 valence electrons. The molecule has 2 aromatic carbocycles. The van der Waals surface area contributed by atoms with Crippen LogP contribution in [-0.4, -0.2) is 42.2 Å². The number of fused-ring (bicyclic) bond motifs is 1. The van der Waals surface area contributed by atoms with E-state index in [9.17, 15) is 4.79 Å². The molecule has 3 heterocycles. The average Bonchev–Trinajstić information content (AvgIpc) is 3.43. The maximum absolute atomic E-state index is 12.9. The van der Waals surface area contributed by atoms with Crippen molar-refractivity contribution in [3.63, 3.8) is 0 Å². The van der Waals surface area contributed by atoms with Crippen molar-refractivity contribution in [2.75, 3.05) is 18.4 Å². The van der Waals surface area contributed by atoms with Crippen LogP contribution in [0.1, 0.15) is 24.2 Å². The molecule has 1 aliphatic rings. The summed E-state index contributed by atoms with van der Waals surface area (Å²) in [5, 5.41) is 3.10. The van der Waals surface area contributed by atoms with E-state index in [1.165, 1.54) is 17.3 Å². The van der Waals surface area contributed by atoms with Gasteiger partial charge in [-0.2, -0.15) is 8.75 Å². The van der Waals surface area contributed by atoms with E-state index >= 15 is 0 Å². The zero-order chi connectivity index (χ0) is 21.2. The zero-order valence-corrected chi connectivity index (χ0v) is 18.2. The van der Waals surface area contributed by atoms with Crippen molar-refractivity contribution in [2.45, 2.75) is 26.3 Å². The Morgan fingerprint density at radius 3 is 2.81 bits per heavy atom. The van der Waals surface area contributed by atoms with Crippen LogP contribution in [0.5, 0.6) is 0 Å². The fourth-order valence-corrected chi connectivity index (χ4v) is 4.72. The fourth-order valence-electron chi connectivity index (χ4n) is 4.20. The standard InChI is InChI=1S/C23H24N6OS/c1-16-24-10-12-29(16)20-7-5-19(6-8-20)25-23(30)18-3-2-11-28(15-18)14-17-4-9-21-22(13-17)27-31-26-21/h4-10,12-13,18H,2-3,11,14-15H2,1H3,(H,25,30)/t18-/m0/s1. The lowest BCUT2D eigenvalue weighted by atomic mass is 9.96. The minimum atomic E-state index is -0.00556. The van der Waals surface area contributed by atoms with Crippen LogP contribution >= 0.6 is 11.7 Å². The molecule has 1 aliphatic heterocycles. The molecular weight excluding hydrogens is 408 g/mol. The highest BCUT2D eigenvalue weighted by molar-refractivity contribution is 7.00. The van der Waals surface area contributed by atoms with Crippen molar-refractivity contribution in [1.29, 1.82) is 0 Å². The zero-order valence-electron chi connectivity index (χ0n) is 17.4. The number of aromatic nitrogens is 4. The van der Waals surface area contributed by atoms with E-state index in [0.29, 0.717) is 0 Å². The molecule has 4 aromatic rings. The Morgan fingerprint density at radius 2 is 2.00 bits per heavy atom. The summed E-state index contributed by atoms with van der Waals surface area (Å²) in [5.41, 5.74) is 4.96. The number of aryl methyl sites for hydroxylation is 1. The number of amides is 1. The van der Waals surface area contributed by atoms with E-state index in [1.807, 2.05) is 48.0 Å². The monoisotopic (exact) mass is 432 g/mol. The number of likely N-dealkylation sites (tertiary alicyclic amines) is 1. The molecule has 0 radical (unpaired) electrons. The number of imidazole rings is 1. The molecule has 7 nitrogen and oxygen atoms in total. The van der Waals surface area contributed by atoms with Gasteiger partial charge in [-0.1, -0.05) is 6.07 Å². The highest BCUT2D eigenvalue weighted by Gasteiger charge is 2.26. The quantitative estimate of drug-likeness (QED) is 0.515. The van der Waals surface area contributed by atoms with Crippen molar-refractivity contribution in [1.82, 2.24) is 23.2 Å². The van der Waals surface area contributed by atoms with Crippen LogP contribution in [-0.2, 0) is 11.3 Å². The number of nitrogens with one attached hydrogen (secondary N) is 1. The van der Waals surface area contributed by atoms with Crippen LogP contribution in [0.15, 0.2) is 54.9 Å². The first kappa shape index (κ1) is 19.8. The molecule has 5 rings (SSSR count). The first-order valence-corrected chi connectivity index (χ1v) is 11.2. The molecule has 8 heteroatoms. The summed E-state index contributed by atoms with van der Waals surface area (Å²) in [6.45, 7) is 4.58. The molecule has 0 aliphatic carbocycles. The second-order valence-electron chi connectivity index (χ2n) is 8.04. The molecule has 2 aromatic heterocycles. The van der Waals surface area contributed by atoms with Crippen molar-refractivity contribution in [2.24, 2.45) is 5.92 Å². The second-order valence-corrected chi connectivity index (χ2v) is 8.57. The fraction of sp³-hybridized carbons (Fsp3) is 0.304. The van der Waals surface area contributed by atoms with Crippen LogP contribution in [0, 0.1) is 12.8 Å². The summed E-state index contributed by atoms with van der Waals surface area (Å²) in [7, 11) is 0. The Kier molecular flexibility index (Phi) is 5.48. The van der Waals surface area contributed by atoms with Gasteiger partial charge < -0.3 is 9.88 Å². The number of carbonyl (C=O) groups is 1. The van der Waals surface area contributed by atoms with Crippen LogP contribution in [0.25, 0.3) is 16.7 Å². The number of rotatable bonds is 5. The van der Waals surface area contributed by atoms with Gasteiger partial charge in [-0.25, -0.2) is 4.98 Å². The number of carbonyl (C=O) groups excluding carboxylic acids is 1. The Bertz CT molecular complexity index is 1200. The summed E-state index contributed by atoms with van der Waals surface area (Å²) in [6.07, 6.45) is 5.66. The lowest BCUT2D eigenvalue weighted by molar-refractivity contribution is -0.121. The van der Waals surface area contributed by atoms with Gasteiger partial charge >= 0.3 is 0 Å². The highest BCUT2D eigenvalue weighted by Crippen LogP contribution is 2.22. The Hall–Kier alpha value is -3.10. The first-order valence-electron chi connectivity index (χ1n) is 10.5. The third-order valence-electron chi connectivity index (χ3n) is 5.84. The van der Waals surface area contributed by atoms with E-state index in [1.54, 1.807) is 6.20 Å².